The van der Waals surface area contributed by atoms with Crippen LogP contribution in [0.4, 0.5) is 26.2 Å². The lowest BCUT2D eigenvalue weighted by molar-refractivity contribution is 0.0996. The summed E-state index contributed by atoms with van der Waals surface area (Å²) in [6.07, 6.45) is 1.23. The second kappa shape index (κ2) is 6.15. The Labute approximate surface area is 140 Å². The van der Waals surface area contributed by atoms with Crippen molar-refractivity contribution in [2.24, 2.45) is 5.73 Å². The normalized spacial score (nSPS) is 10.7. The number of nitrogens with zero attached hydrogens (tertiary/aromatic N) is 4. The molecule has 0 bridgehead atoms. The van der Waals surface area contributed by atoms with Crippen LogP contribution in [0.2, 0.25) is 0 Å². The largest absolute Gasteiger partial charge is 0.368 e. The van der Waals surface area contributed by atoms with E-state index < -0.39 is 23.2 Å². The molecule has 10 heteroatoms. The molecule has 0 aliphatic carbocycles. The van der Waals surface area contributed by atoms with Gasteiger partial charge in [0.1, 0.15) is 11.5 Å². The van der Waals surface area contributed by atoms with E-state index in [1.807, 2.05) is 0 Å². The summed E-state index contributed by atoms with van der Waals surface area (Å²) in [6.45, 7) is 1.70. The van der Waals surface area contributed by atoms with E-state index in [0.29, 0.717) is 5.69 Å². The Hall–Kier alpha value is -3.56. The number of nitrogens with one attached hydrogen (secondary N) is 1. The molecule has 2 heterocycles. The third kappa shape index (κ3) is 3.22. The van der Waals surface area contributed by atoms with Gasteiger partial charge in [-0.3, -0.25) is 4.79 Å². The van der Waals surface area contributed by atoms with Crippen LogP contribution < -0.4 is 16.8 Å². The summed E-state index contributed by atoms with van der Waals surface area (Å²) in [7, 11) is 0. The first-order valence-electron chi connectivity index (χ1n) is 7.07. The van der Waals surface area contributed by atoms with Gasteiger partial charge in [-0.05, 0) is 19.1 Å². The Morgan fingerprint density at radius 2 is 1.92 bits per heavy atom. The predicted molar refractivity (Wildman–Crippen MR) is 86.5 cm³/mol. The minimum absolute atomic E-state index is 0.0238. The molecule has 0 saturated heterocycles. The van der Waals surface area contributed by atoms with Gasteiger partial charge in [-0.25, -0.2) is 18.4 Å². The van der Waals surface area contributed by atoms with Crippen molar-refractivity contribution in [3.63, 3.8) is 0 Å². The van der Waals surface area contributed by atoms with E-state index in [1.165, 1.54) is 12.3 Å². The summed E-state index contributed by atoms with van der Waals surface area (Å²) in [5.41, 5.74) is 10.9. The number of primary amides is 1. The zero-order valence-corrected chi connectivity index (χ0v) is 13.0. The molecule has 2 aromatic heterocycles. The molecule has 0 saturated carbocycles. The number of nitrogen functional groups attached to an aromatic ring is 1. The summed E-state index contributed by atoms with van der Waals surface area (Å²) in [5, 5.41) is 6.67. The molecule has 1 amide bonds. The molecule has 0 atom stereocenters. The molecular weight excluding hydrogens is 332 g/mol. The Kier molecular flexibility index (Phi) is 4.01. The van der Waals surface area contributed by atoms with Crippen LogP contribution in [0.1, 0.15) is 16.2 Å². The van der Waals surface area contributed by atoms with Gasteiger partial charge >= 0.3 is 0 Å². The Morgan fingerprint density at radius 1 is 1.24 bits per heavy atom. The van der Waals surface area contributed by atoms with Crippen LogP contribution in [-0.4, -0.2) is 25.7 Å². The number of halogens is 2. The average molecular weight is 345 g/mol. The van der Waals surface area contributed by atoms with Crippen molar-refractivity contribution in [1.29, 1.82) is 0 Å². The van der Waals surface area contributed by atoms with E-state index in [0.717, 1.165) is 16.8 Å². The first-order valence-corrected chi connectivity index (χ1v) is 7.07. The molecule has 1 aromatic carbocycles. The van der Waals surface area contributed by atoms with Crippen LogP contribution in [0.15, 0.2) is 30.5 Å². The SMILES string of the molecule is Cc1cc(Nc2cn(-c3c(F)cccc3F)nc2C(N)=O)nc(N)n1. The molecule has 0 fully saturated rings. The highest BCUT2D eigenvalue weighted by atomic mass is 19.1. The van der Waals surface area contributed by atoms with Crippen molar-refractivity contribution in [1.82, 2.24) is 19.7 Å². The topological polar surface area (TPSA) is 125 Å². The maximum absolute atomic E-state index is 13.9. The minimum atomic E-state index is -0.878. The Balaban J connectivity index is 2.08. The predicted octanol–water partition coefficient (Wildman–Crippen LogP) is 1.67. The number of hydrogen-bond donors (Lipinski definition) is 3. The zero-order valence-electron chi connectivity index (χ0n) is 13.0. The molecule has 0 aliphatic rings. The Bertz CT molecular complexity index is 930. The van der Waals surface area contributed by atoms with Crippen LogP contribution >= 0.6 is 0 Å². The maximum atomic E-state index is 13.9. The average Bonchev–Trinajstić information content (AvgIpc) is 2.89. The molecule has 128 valence electrons. The first kappa shape index (κ1) is 16.3. The smallest absolute Gasteiger partial charge is 0.271 e. The van der Waals surface area contributed by atoms with Gasteiger partial charge in [0.05, 0.1) is 11.9 Å². The number of hydrogen-bond acceptors (Lipinski definition) is 6. The van der Waals surface area contributed by atoms with E-state index in [1.54, 1.807) is 13.0 Å². The Morgan fingerprint density at radius 3 is 2.52 bits per heavy atom. The third-order valence-corrected chi connectivity index (χ3v) is 3.25. The van der Waals surface area contributed by atoms with Gasteiger partial charge in [0.2, 0.25) is 5.95 Å². The third-order valence-electron chi connectivity index (χ3n) is 3.25. The lowest BCUT2D eigenvalue weighted by Gasteiger charge is -2.05. The number of carbonyl (C=O) groups is 1. The molecule has 0 aliphatic heterocycles. The lowest BCUT2D eigenvalue weighted by Crippen LogP contribution is -2.14. The molecule has 3 aromatic rings. The fraction of sp³-hybridized carbons (Fsp3) is 0.0667. The fourth-order valence-corrected chi connectivity index (χ4v) is 2.26. The van der Waals surface area contributed by atoms with E-state index in [4.69, 9.17) is 11.5 Å². The van der Waals surface area contributed by atoms with Gasteiger partial charge in [0.15, 0.2) is 17.3 Å². The van der Waals surface area contributed by atoms with Crippen molar-refractivity contribution in [3.8, 4) is 5.69 Å². The van der Waals surface area contributed by atoms with Crippen molar-refractivity contribution in [3.05, 3.63) is 53.5 Å². The molecule has 5 N–H and O–H groups in total. The highest BCUT2D eigenvalue weighted by Crippen LogP contribution is 2.24. The standard InChI is InChI=1S/C15H13F2N7O/c1-7-5-11(22-15(19)20-7)21-10-6-24(23-12(10)14(18)25)13-8(16)3-2-4-9(13)17/h2-6H,1H3,(H2,18,25)(H3,19,20,21,22). The molecular formula is C15H13F2N7O. The van der Waals surface area contributed by atoms with Crippen LogP contribution in [0.25, 0.3) is 5.69 Å². The highest BCUT2D eigenvalue weighted by Gasteiger charge is 2.19. The first-order chi connectivity index (χ1) is 11.8. The molecule has 0 spiro atoms. The van der Waals surface area contributed by atoms with Crippen molar-refractivity contribution in [2.75, 3.05) is 11.1 Å². The summed E-state index contributed by atoms with van der Waals surface area (Å²) in [4.78, 5) is 19.5. The minimum Gasteiger partial charge on any atom is -0.368 e. The van der Waals surface area contributed by atoms with Gasteiger partial charge < -0.3 is 16.8 Å². The number of benzene rings is 1. The van der Waals surface area contributed by atoms with Gasteiger partial charge in [0, 0.05) is 11.8 Å². The lowest BCUT2D eigenvalue weighted by atomic mass is 10.3. The molecule has 25 heavy (non-hydrogen) atoms. The van der Waals surface area contributed by atoms with E-state index in [2.05, 4.69) is 20.4 Å². The van der Waals surface area contributed by atoms with E-state index >= 15 is 0 Å². The number of para-hydroxylation sites is 1. The number of aryl methyl sites for hydroxylation is 1. The molecule has 3 rings (SSSR count). The van der Waals surface area contributed by atoms with Crippen LogP contribution in [0.3, 0.4) is 0 Å². The van der Waals surface area contributed by atoms with Gasteiger partial charge in [0.25, 0.3) is 5.91 Å². The van der Waals surface area contributed by atoms with Crippen LogP contribution in [-0.2, 0) is 0 Å². The highest BCUT2D eigenvalue weighted by molar-refractivity contribution is 5.97. The quantitative estimate of drug-likeness (QED) is 0.660. The zero-order chi connectivity index (χ0) is 18.1. The second-order valence-corrected chi connectivity index (χ2v) is 5.15. The number of amides is 1. The number of anilines is 3. The molecule has 0 unspecified atom stereocenters. The number of carbonyl (C=O) groups excluding carboxylic acids is 1. The van der Waals surface area contributed by atoms with Crippen molar-refractivity contribution in [2.45, 2.75) is 6.92 Å². The maximum Gasteiger partial charge on any atom is 0.271 e. The van der Waals surface area contributed by atoms with Gasteiger partial charge in [-0.15, -0.1) is 0 Å². The molecule has 0 radical (unpaired) electrons. The summed E-state index contributed by atoms with van der Waals surface area (Å²) < 4.78 is 28.8. The number of aromatic nitrogens is 4. The summed E-state index contributed by atoms with van der Waals surface area (Å²) >= 11 is 0. The van der Waals surface area contributed by atoms with Gasteiger partial charge in [-0.2, -0.15) is 10.1 Å². The fourth-order valence-electron chi connectivity index (χ4n) is 2.26. The van der Waals surface area contributed by atoms with E-state index in [-0.39, 0.29) is 23.1 Å². The number of rotatable bonds is 4. The van der Waals surface area contributed by atoms with Gasteiger partial charge in [-0.1, -0.05) is 6.07 Å². The van der Waals surface area contributed by atoms with E-state index in [9.17, 15) is 13.6 Å². The summed E-state index contributed by atoms with van der Waals surface area (Å²) in [6, 6.07) is 4.94. The monoisotopic (exact) mass is 345 g/mol. The van der Waals surface area contributed by atoms with Crippen LogP contribution in [0, 0.1) is 18.6 Å². The molecule has 8 nitrogen and oxygen atoms in total. The van der Waals surface area contributed by atoms with Crippen molar-refractivity contribution < 1.29 is 13.6 Å². The number of nitrogens with two attached hydrogens (primary N) is 2. The van der Waals surface area contributed by atoms with Crippen LogP contribution in [0.5, 0.6) is 0 Å². The summed E-state index contributed by atoms with van der Waals surface area (Å²) in [5.74, 6) is -2.26. The van der Waals surface area contributed by atoms with Crippen molar-refractivity contribution >= 4 is 23.4 Å². The second-order valence-electron chi connectivity index (χ2n) is 5.15.